The summed E-state index contributed by atoms with van der Waals surface area (Å²) in [4.78, 5) is 0. The average molecular weight is 137 g/mol. The van der Waals surface area contributed by atoms with E-state index in [1.165, 1.54) is 45.2 Å². The van der Waals surface area contributed by atoms with E-state index in [0.717, 1.165) is 0 Å². The molecule has 56 valence electrons. The first kappa shape index (κ1) is 6.41. The normalized spacial score (nSPS) is 26.4. The van der Waals surface area contributed by atoms with E-state index in [4.69, 9.17) is 0 Å². The lowest BCUT2D eigenvalue weighted by atomic mass is 10.1. The molecule has 2 aliphatic rings. The van der Waals surface area contributed by atoms with Gasteiger partial charge in [0.25, 0.3) is 0 Å². The second kappa shape index (κ2) is 2.75. The Morgan fingerprint density at radius 1 is 0.800 bits per heavy atom. The third kappa shape index (κ3) is 1.10. The molecule has 10 heavy (non-hydrogen) atoms. The van der Waals surface area contributed by atoms with Gasteiger partial charge in [0.1, 0.15) is 0 Å². The minimum Gasteiger partial charge on any atom is -0.309 e. The van der Waals surface area contributed by atoms with Crippen molar-refractivity contribution in [2.45, 2.75) is 32.1 Å². The van der Waals surface area contributed by atoms with E-state index in [1.54, 1.807) is 11.1 Å². The summed E-state index contributed by atoms with van der Waals surface area (Å²) in [6.07, 6.45) is 7.07. The van der Waals surface area contributed by atoms with Crippen LogP contribution in [0.5, 0.6) is 0 Å². The molecular weight excluding hydrogens is 122 g/mol. The van der Waals surface area contributed by atoms with Crippen LogP contribution in [0.15, 0.2) is 11.1 Å². The summed E-state index contributed by atoms with van der Waals surface area (Å²) in [6.45, 7) is 2.38. The first-order valence-electron chi connectivity index (χ1n) is 4.37. The van der Waals surface area contributed by atoms with Crippen molar-refractivity contribution in [2.24, 2.45) is 0 Å². The fourth-order valence-corrected chi connectivity index (χ4v) is 2.00. The van der Waals surface area contributed by atoms with Crippen molar-refractivity contribution in [2.75, 3.05) is 13.1 Å². The van der Waals surface area contributed by atoms with E-state index in [1.807, 2.05) is 0 Å². The van der Waals surface area contributed by atoms with Crippen LogP contribution in [0.2, 0.25) is 0 Å². The summed E-state index contributed by atoms with van der Waals surface area (Å²) in [7, 11) is 0. The monoisotopic (exact) mass is 137 g/mol. The molecule has 0 bridgehead atoms. The van der Waals surface area contributed by atoms with Gasteiger partial charge in [0.2, 0.25) is 0 Å². The van der Waals surface area contributed by atoms with Crippen LogP contribution in [0, 0.1) is 0 Å². The maximum absolute atomic E-state index is 3.42. The average Bonchev–Trinajstić information content (AvgIpc) is 2.28. The zero-order valence-electron chi connectivity index (χ0n) is 6.45. The molecule has 0 aromatic carbocycles. The Bertz CT molecular complexity index is 142. The van der Waals surface area contributed by atoms with Gasteiger partial charge in [-0.2, -0.15) is 0 Å². The SMILES string of the molecule is C1CCC2=C(CC1)CNC2. The summed E-state index contributed by atoms with van der Waals surface area (Å²) in [6, 6.07) is 0. The molecule has 0 aromatic rings. The minimum absolute atomic E-state index is 1.19. The third-order valence-electron chi connectivity index (χ3n) is 2.63. The lowest BCUT2D eigenvalue weighted by molar-refractivity contribution is 0.678. The topological polar surface area (TPSA) is 12.0 Å². The maximum atomic E-state index is 3.42. The van der Waals surface area contributed by atoms with Crippen LogP contribution in [-0.2, 0) is 0 Å². The van der Waals surface area contributed by atoms with Gasteiger partial charge in [-0.25, -0.2) is 0 Å². The first-order chi connectivity index (χ1) is 4.97. The molecule has 0 saturated heterocycles. The van der Waals surface area contributed by atoms with Crippen molar-refractivity contribution in [1.82, 2.24) is 5.32 Å². The van der Waals surface area contributed by atoms with Crippen LogP contribution < -0.4 is 5.32 Å². The van der Waals surface area contributed by atoms with Crippen molar-refractivity contribution in [3.63, 3.8) is 0 Å². The molecular formula is C9H15N. The van der Waals surface area contributed by atoms with Gasteiger partial charge in [0.05, 0.1) is 0 Å². The van der Waals surface area contributed by atoms with E-state index < -0.39 is 0 Å². The Kier molecular flexibility index (Phi) is 1.76. The Morgan fingerprint density at radius 2 is 1.40 bits per heavy atom. The number of hydrogen-bond acceptors (Lipinski definition) is 1. The minimum atomic E-state index is 1.19. The Hall–Kier alpha value is -0.300. The van der Waals surface area contributed by atoms with Crippen LogP contribution in [0.4, 0.5) is 0 Å². The molecule has 0 aromatic heterocycles. The molecule has 0 unspecified atom stereocenters. The maximum Gasteiger partial charge on any atom is 0.0170 e. The molecule has 1 N–H and O–H groups in total. The molecule has 0 saturated carbocycles. The Balaban J connectivity index is 2.10. The van der Waals surface area contributed by atoms with E-state index in [9.17, 15) is 0 Å². The molecule has 0 amide bonds. The van der Waals surface area contributed by atoms with Gasteiger partial charge in [-0.1, -0.05) is 17.6 Å². The van der Waals surface area contributed by atoms with Crippen LogP contribution in [0.25, 0.3) is 0 Å². The molecule has 1 heteroatoms. The Morgan fingerprint density at radius 3 is 2.00 bits per heavy atom. The van der Waals surface area contributed by atoms with Crippen LogP contribution in [-0.4, -0.2) is 13.1 Å². The largest absolute Gasteiger partial charge is 0.309 e. The van der Waals surface area contributed by atoms with Gasteiger partial charge in [0.15, 0.2) is 0 Å². The quantitative estimate of drug-likeness (QED) is 0.502. The van der Waals surface area contributed by atoms with E-state index in [0.29, 0.717) is 0 Å². The molecule has 0 atom stereocenters. The highest BCUT2D eigenvalue weighted by atomic mass is 14.9. The second-order valence-electron chi connectivity index (χ2n) is 3.37. The van der Waals surface area contributed by atoms with Crippen LogP contribution in [0.3, 0.4) is 0 Å². The smallest absolute Gasteiger partial charge is 0.0170 e. The summed E-state index contributed by atoms with van der Waals surface area (Å²) in [5.41, 5.74) is 3.47. The molecule has 0 radical (unpaired) electrons. The van der Waals surface area contributed by atoms with Crippen molar-refractivity contribution in [3.8, 4) is 0 Å². The fourth-order valence-electron chi connectivity index (χ4n) is 2.00. The molecule has 0 fully saturated rings. The standard InChI is InChI=1S/C9H15N/c1-2-4-8-6-10-7-9(8)5-3-1/h10H,1-7H2. The van der Waals surface area contributed by atoms with Crippen molar-refractivity contribution in [3.05, 3.63) is 11.1 Å². The van der Waals surface area contributed by atoms with Gasteiger partial charge in [0, 0.05) is 13.1 Å². The molecule has 2 rings (SSSR count). The van der Waals surface area contributed by atoms with Gasteiger partial charge in [-0.3, -0.25) is 0 Å². The highest BCUT2D eigenvalue weighted by molar-refractivity contribution is 5.23. The molecule has 1 nitrogen and oxygen atoms in total. The fraction of sp³-hybridized carbons (Fsp3) is 0.778. The predicted octanol–water partition coefficient (Wildman–Crippen LogP) is 1.85. The van der Waals surface area contributed by atoms with E-state index >= 15 is 0 Å². The van der Waals surface area contributed by atoms with Crippen LogP contribution >= 0.6 is 0 Å². The molecule has 1 heterocycles. The van der Waals surface area contributed by atoms with Crippen molar-refractivity contribution >= 4 is 0 Å². The molecule has 1 aliphatic carbocycles. The number of hydrogen-bond donors (Lipinski definition) is 1. The highest BCUT2D eigenvalue weighted by Crippen LogP contribution is 2.25. The lowest BCUT2D eigenvalue weighted by Gasteiger charge is -1.97. The second-order valence-corrected chi connectivity index (χ2v) is 3.37. The zero-order chi connectivity index (χ0) is 6.81. The van der Waals surface area contributed by atoms with Gasteiger partial charge >= 0.3 is 0 Å². The molecule has 0 spiro atoms. The van der Waals surface area contributed by atoms with Crippen molar-refractivity contribution < 1.29 is 0 Å². The lowest BCUT2D eigenvalue weighted by Crippen LogP contribution is -2.09. The predicted molar refractivity (Wildman–Crippen MR) is 43.0 cm³/mol. The van der Waals surface area contributed by atoms with Crippen molar-refractivity contribution in [1.29, 1.82) is 0 Å². The Labute approximate surface area is 62.5 Å². The van der Waals surface area contributed by atoms with Crippen LogP contribution in [0.1, 0.15) is 32.1 Å². The summed E-state index contributed by atoms with van der Waals surface area (Å²) in [5.74, 6) is 0. The number of rotatable bonds is 0. The third-order valence-corrected chi connectivity index (χ3v) is 2.63. The van der Waals surface area contributed by atoms with E-state index in [-0.39, 0.29) is 0 Å². The zero-order valence-corrected chi connectivity index (χ0v) is 6.45. The van der Waals surface area contributed by atoms with Gasteiger partial charge in [-0.05, 0) is 25.7 Å². The molecule has 1 aliphatic heterocycles. The summed E-state index contributed by atoms with van der Waals surface area (Å²) < 4.78 is 0. The first-order valence-corrected chi connectivity index (χ1v) is 4.37. The van der Waals surface area contributed by atoms with Gasteiger partial charge in [-0.15, -0.1) is 0 Å². The number of nitrogens with one attached hydrogen (secondary N) is 1. The highest BCUT2D eigenvalue weighted by Gasteiger charge is 2.15. The summed E-state index contributed by atoms with van der Waals surface area (Å²) >= 11 is 0. The van der Waals surface area contributed by atoms with E-state index in [2.05, 4.69) is 5.32 Å². The van der Waals surface area contributed by atoms with Gasteiger partial charge < -0.3 is 5.32 Å². The summed E-state index contributed by atoms with van der Waals surface area (Å²) in [5, 5.41) is 3.42.